The van der Waals surface area contributed by atoms with Gasteiger partial charge in [-0.2, -0.15) is 0 Å². The van der Waals surface area contributed by atoms with Crippen molar-refractivity contribution in [3.05, 3.63) is 85.7 Å². The van der Waals surface area contributed by atoms with Crippen molar-refractivity contribution in [2.75, 3.05) is 98.6 Å². The summed E-state index contributed by atoms with van der Waals surface area (Å²) >= 11 is 0. The molecule has 0 spiro atoms. The van der Waals surface area contributed by atoms with E-state index >= 15 is 0 Å². The summed E-state index contributed by atoms with van der Waals surface area (Å²) in [7, 11) is 1.69. The van der Waals surface area contributed by atoms with Crippen molar-refractivity contribution >= 4 is 50.9 Å². The summed E-state index contributed by atoms with van der Waals surface area (Å²) in [6, 6.07) is 15.0. The minimum atomic E-state index is 0.141. The zero-order valence-corrected chi connectivity index (χ0v) is 40.4. The molecule has 4 aliphatic rings. The Hall–Kier alpha value is -7.03. The number of nitrogens with zero attached hydrogens (tertiary/aromatic N) is 11. The van der Waals surface area contributed by atoms with Crippen LogP contribution < -0.4 is 35.2 Å². The van der Waals surface area contributed by atoms with Crippen molar-refractivity contribution in [2.24, 2.45) is 0 Å². The van der Waals surface area contributed by atoms with Crippen LogP contribution in [0.15, 0.2) is 84.4 Å². The van der Waals surface area contributed by atoms with Gasteiger partial charge >= 0.3 is 0 Å². The molecule has 2 aromatic carbocycles. The molecule has 4 fully saturated rings. The Balaban J connectivity index is 0.000000164. The number of aryl methyl sites for hydroxylation is 1. The Morgan fingerprint density at radius 3 is 1.70 bits per heavy atom. The summed E-state index contributed by atoms with van der Waals surface area (Å²) in [4.78, 5) is 36.2. The zero-order valence-electron chi connectivity index (χ0n) is 40.4. The van der Waals surface area contributed by atoms with Crippen LogP contribution in [0.2, 0.25) is 0 Å². The molecule has 5 aromatic heterocycles. The number of benzene rings is 2. The minimum absolute atomic E-state index is 0.141. The molecule has 20 nitrogen and oxygen atoms in total. The van der Waals surface area contributed by atoms with E-state index in [4.69, 9.17) is 33.1 Å². The number of morpholine rings is 2. The number of anilines is 5. The largest absolute Gasteiger partial charge is 0.488 e. The SMILES string of the molecule is COCCNc1cc(NC2CCC(Oc3cc(N4CCOCC4)cc4nccnc34)CC2)ncn1.Cc1nc(NC2CCC(Oc3cc(N4CCOCC4)cc4nccnc34)CC2)ccc1-c1nnco1. The van der Waals surface area contributed by atoms with E-state index in [2.05, 4.69) is 90.1 Å². The van der Waals surface area contributed by atoms with Crippen LogP contribution in [-0.4, -0.2) is 142 Å². The van der Waals surface area contributed by atoms with Gasteiger partial charge in [-0.1, -0.05) is 0 Å². The minimum Gasteiger partial charge on any atom is -0.488 e. The standard InChI is InChI=1S/C26H29N7O3.C25H33N7O3/c1-17-21(26-32-29-16-35-26)6-7-24(30-17)31-18-2-4-20(5-3-18)36-23-15-19(33-10-12-34-13-11-33)14-22-25(23)28-9-8-27-22;1-33-11-8-27-23-16-24(30-17-29-23)31-18-2-4-20(5-3-18)35-22-15-19(32-9-12-34-13-10-32)14-21-25(22)28-7-6-26-21/h6-9,14-16,18,20H,2-5,10-13H2,1H3,(H,30,31);6-7,14-18,20H,2-5,8-13H2,1H3,(H2,27,29,30,31). The van der Waals surface area contributed by atoms with E-state index < -0.39 is 0 Å². The van der Waals surface area contributed by atoms with Crippen LogP contribution in [-0.2, 0) is 14.2 Å². The van der Waals surface area contributed by atoms with Crippen LogP contribution in [0.1, 0.15) is 57.1 Å². The number of ether oxygens (including phenoxy) is 5. The third kappa shape index (κ3) is 12.3. The smallest absolute Gasteiger partial charge is 0.249 e. The fourth-order valence-corrected chi connectivity index (χ4v) is 9.64. The summed E-state index contributed by atoms with van der Waals surface area (Å²) in [5.74, 6) is 4.61. The van der Waals surface area contributed by atoms with Gasteiger partial charge in [0.2, 0.25) is 12.3 Å². The molecular formula is C51H62N14O6. The van der Waals surface area contributed by atoms with Crippen LogP contribution in [0, 0.1) is 6.92 Å². The topological polar surface area (TPSA) is 218 Å². The fourth-order valence-electron chi connectivity index (χ4n) is 9.64. The van der Waals surface area contributed by atoms with E-state index in [0.29, 0.717) is 31.1 Å². The number of nitrogens with one attached hydrogen (secondary N) is 3. The lowest BCUT2D eigenvalue weighted by Crippen LogP contribution is -2.36. The highest BCUT2D eigenvalue weighted by Crippen LogP contribution is 2.35. The summed E-state index contributed by atoms with van der Waals surface area (Å²) in [5, 5.41) is 18.1. The molecule has 7 heterocycles. The Labute approximate surface area is 412 Å². The second-order valence-electron chi connectivity index (χ2n) is 18.2. The van der Waals surface area contributed by atoms with Crippen molar-refractivity contribution < 1.29 is 28.1 Å². The molecule has 3 N–H and O–H groups in total. The van der Waals surface area contributed by atoms with Gasteiger partial charge in [-0.25, -0.2) is 24.9 Å². The van der Waals surface area contributed by atoms with Crippen molar-refractivity contribution in [3.8, 4) is 23.0 Å². The predicted octanol–water partition coefficient (Wildman–Crippen LogP) is 7.14. The molecule has 0 radical (unpaired) electrons. The molecule has 0 bridgehead atoms. The maximum absolute atomic E-state index is 6.55. The molecule has 11 rings (SSSR count). The monoisotopic (exact) mass is 966 g/mol. The summed E-state index contributed by atoms with van der Waals surface area (Å²) in [6.45, 7) is 9.72. The molecule has 20 heteroatoms. The number of rotatable bonds is 15. The van der Waals surface area contributed by atoms with Gasteiger partial charge in [-0.15, -0.1) is 10.2 Å². The lowest BCUT2D eigenvalue weighted by Gasteiger charge is -2.31. The van der Waals surface area contributed by atoms with Crippen molar-refractivity contribution in [2.45, 2.75) is 82.6 Å². The average Bonchev–Trinajstić information content (AvgIpc) is 3.96. The Morgan fingerprint density at radius 1 is 0.620 bits per heavy atom. The van der Waals surface area contributed by atoms with Crippen LogP contribution in [0.25, 0.3) is 33.5 Å². The second kappa shape index (κ2) is 23.3. The molecule has 7 aromatic rings. The lowest BCUT2D eigenvalue weighted by molar-refractivity contribution is 0.122. The Morgan fingerprint density at radius 2 is 1.17 bits per heavy atom. The van der Waals surface area contributed by atoms with E-state index in [0.717, 1.165) is 178 Å². The van der Waals surface area contributed by atoms with Gasteiger partial charge in [-0.3, -0.25) is 9.97 Å². The van der Waals surface area contributed by atoms with Crippen molar-refractivity contribution in [3.63, 3.8) is 0 Å². The molecule has 0 atom stereocenters. The van der Waals surface area contributed by atoms with Gasteiger partial charge in [0.1, 0.15) is 46.3 Å². The molecule has 2 saturated heterocycles. The number of hydrogen-bond acceptors (Lipinski definition) is 20. The van der Waals surface area contributed by atoms with Gasteiger partial charge < -0.3 is 53.9 Å². The number of hydrogen-bond donors (Lipinski definition) is 3. The number of aromatic nitrogens is 9. The van der Waals surface area contributed by atoms with E-state index in [1.165, 1.54) is 6.39 Å². The molecular weight excluding hydrogens is 905 g/mol. The number of methoxy groups -OCH3 is 1. The van der Waals surface area contributed by atoms with E-state index in [1.54, 1.807) is 38.2 Å². The van der Waals surface area contributed by atoms with Crippen molar-refractivity contribution in [1.82, 2.24) is 45.1 Å². The molecule has 71 heavy (non-hydrogen) atoms. The Kier molecular flexibility index (Phi) is 15.6. The summed E-state index contributed by atoms with van der Waals surface area (Å²) in [6.07, 6.45) is 18.0. The quantitative estimate of drug-likeness (QED) is 0.0870. The summed E-state index contributed by atoms with van der Waals surface area (Å²) < 4.78 is 34.5. The van der Waals surface area contributed by atoms with Gasteiger partial charge in [0.05, 0.1) is 67.5 Å². The molecule has 2 saturated carbocycles. The van der Waals surface area contributed by atoms with E-state index in [1.807, 2.05) is 25.1 Å². The molecule has 2 aliphatic heterocycles. The zero-order chi connectivity index (χ0) is 48.2. The van der Waals surface area contributed by atoms with Gasteiger partial charge in [-0.05, 0) is 82.6 Å². The third-order valence-corrected chi connectivity index (χ3v) is 13.4. The molecule has 2 aliphatic carbocycles. The van der Waals surface area contributed by atoms with Crippen LogP contribution in [0.4, 0.5) is 28.8 Å². The maximum Gasteiger partial charge on any atom is 0.249 e. The maximum atomic E-state index is 6.55. The van der Waals surface area contributed by atoms with Crippen LogP contribution in [0.3, 0.4) is 0 Å². The molecule has 0 amide bonds. The van der Waals surface area contributed by atoms with Crippen molar-refractivity contribution in [1.29, 1.82) is 0 Å². The highest BCUT2D eigenvalue weighted by atomic mass is 16.5. The van der Waals surface area contributed by atoms with Crippen LogP contribution in [0.5, 0.6) is 11.5 Å². The van der Waals surface area contributed by atoms with E-state index in [-0.39, 0.29) is 12.2 Å². The first-order valence-corrected chi connectivity index (χ1v) is 24.8. The molecule has 372 valence electrons. The highest BCUT2D eigenvalue weighted by molar-refractivity contribution is 5.86. The number of fused-ring (bicyclic) bond motifs is 2. The van der Waals surface area contributed by atoms with Crippen LogP contribution >= 0.6 is 0 Å². The highest BCUT2D eigenvalue weighted by Gasteiger charge is 2.27. The van der Waals surface area contributed by atoms with E-state index in [9.17, 15) is 0 Å². The third-order valence-electron chi connectivity index (χ3n) is 13.4. The average molecular weight is 967 g/mol. The first-order chi connectivity index (χ1) is 35.0. The van der Waals surface area contributed by atoms with Gasteiger partial charge in [0, 0.05) is 106 Å². The predicted molar refractivity (Wildman–Crippen MR) is 270 cm³/mol. The Bertz CT molecular complexity index is 2800. The fraction of sp³-hybridized carbons (Fsp3) is 0.471. The van der Waals surface area contributed by atoms with Gasteiger partial charge in [0.15, 0.2) is 0 Å². The lowest BCUT2D eigenvalue weighted by atomic mass is 9.93. The number of pyridine rings is 1. The first kappa shape index (κ1) is 47.6. The molecule has 0 unspecified atom stereocenters. The second-order valence-corrected chi connectivity index (χ2v) is 18.2. The first-order valence-electron chi connectivity index (χ1n) is 24.8. The van der Waals surface area contributed by atoms with Gasteiger partial charge in [0.25, 0.3) is 0 Å². The summed E-state index contributed by atoms with van der Waals surface area (Å²) in [5.41, 5.74) is 7.29. The normalized spacial score (nSPS) is 20.5.